The monoisotopic (exact) mass is 365 g/mol. The minimum atomic E-state index is -0.955. The van der Waals surface area contributed by atoms with Gasteiger partial charge in [-0.05, 0) is 20.8 Å². The van der Waals surface area contributed by atoms with Crippen LogP contribution in [0, 0.1) is 11.6 Å². The maximum Gasteiger partial charge on any atom is 0.238 e. The minimum absolute atomic E-state index is 0.119. The van der Waals surface area contributed by atoms with Crippen molar-refractivity contribution in [2.75, 3.05) is 5.32 Å². The number of aromatic amines is 1. The van der Waals surface area contributed by atoms with E-state index in [1.54, 1.807) is 23.9 Å². The highest BCUT2D eigenvalue weighted by molar-refractivity contribution is 8.00. The number of thioether (sulfide) groups is 1. The van der Waals surface area contributed by atoms with Crippen LogP contribution in [-0.4, -0.2) is 30.9 Å². The predicted octanol–water partition coefficient (Wildman–Crippen LogP) is 3.74. The van der Waals surface area contributed by atoms with E-state index < -0.39 is 16.9 Å². The lowest BCUT2D eigenvalue weighted by molar-refractivity contribution is -0.115. The molecule has 25 heavy (non-hydrogen) atoms. The van der Waals surface area contributed by atoms with Crippen LogP contribution in [0.4, 0.5) is 14.6 Å². The molecule has 1 aromatic carbocycles. The Kier molecular flexibility index (Phi) is 4.76. The number of hydrogen-bond donors (Lipinski definition) is 2. The number of nitrogens with one attached hydrogen (secondary N) is 2. The van der Waals surface area contributed by atoms with Gasteiger partial charge in [-0.15, -0.1) is 0 Å². The molecule has 6 nitrogen and oxygen atoms in total. The van der Waals surface area contributed by atoms with Crippen LogP contribution in [0.15, 0.2) is 29.6 Å². The second-order valence-electron chi connectivity index (χ2n) is 5.83. The zero-order valence-corrected chi connectivity index (χ0v) is 14.7. The third kappa shape index (κ3) is 3.65. The third-order valence-corrected chi connectivity index (χ3v) is 4.55. The van der Waals surface area contributed by atoms with Crippen LogP contribution in [0.2, 0.25) is 0 Å². The second-order valence-corrected chi connectivity index (χ2v) is 7.16. The Labute approximate surface area is 147 Å². The smallest absolute Gasteiger partial charge is 0.238 e. The van der Waals surface area contributed by atoms with Crippen molar-refractivity contribution in [3.63, 3.8) is 0 Å². The summed E-state index contributed by atoms with van der Waals surface area (Å²) < 4.78 is 28.2. The van der Waals surface area contributed by atoms with Gasteiger partial charge in [0.2, 0.25) is 5.91 Å². The van der Waals surface area contributed by atoms with Crippen LogP contribution in [0.5, 0.6) is 0 Å². The van der Waals surface area contributed by atoms with Crippen molar-refractivity contribution < 1.29 is 13.6 Å². The summed E-state index contributed by atoms with van der Waals surface area (Å²) >= 11 is 1.17. The SMILES string of the molecule is CC(Sc1nc2cc(F)c(F)cc2[nH]1)C(=O)Nc1ccnn1C(C)C. The van der Waals surface area contributed by atoms with Gasteiger partial charge in [-0.1, -0.05) is 11.8 Å². The lowest BCUT2D eigenvalue weighted by Gasteiger charge is -2.14. The second kappa shape index (κ2) is 6.83. The van der Waals surface area contributed by atoms with E-state index in [0.29, 0.717) is 22.0 Å². The summed E-state index contributed by atoms with van der Waals surface area (Å²) in [6, 6.07) is 3.92. The number of fused-ring (bicyclic) bond motifs is 1. The summed E-state index contributed by atoms with van der Waals surface area (Å²) in [4.78, 5) is 19.4. The van der Waals surface area contributed by atoms with E-state index in [4.69, 9.17) is 0 Å². The van der Waals surface area contributed by atoms with Gasteiger partial charge in [0.05, 0.1) is 22.5 Å². The van der Waals surface area contributed by atoms with Gasteiger partial charge in [-0.3, -0.25) is 4.79 Å². The van der Waals surface area contributed by atoms with Gasteiger partial charge in [0.25, 0.3) is 0 Å². The highest BCUT2D eigenvalue weighted by Gasteiger charge is 2.19. The van der Waals surface area contributed by atoms with Crippen molar-refractivity contribution >= 4 is 34.5 Å². The first-order valence-corrected chi connectivity index (χ1v) is 8.59. The number of rotatable bonds is 5. The molecule has 0 spiro atoms. The lowest BCUT2D eigenvalue weighted by atomic mass is 10.3. The molecule has 1 amide bonds. The summed E-state index contributed by atoms with van der Waals surface area (Å²) in [7, 11) is 0. The van der Waals surface area contributed by atoms with Gasteiger partial charge < -0.3 is 10.3 Å². The molecule has 2 heterocycles. The fourth-order valence-corrected chi connectivity index (χ4v) is 3.13. The Morgan fingerprint density at radius 3 is 2.72 bits per heavy atom. The van der Waals surface area contributed by atoms with Crippen molar-refractivity contribution in [1.82, 2.24) is 19.7 Å². The number of benzene rings is 1. The Balaban J connectivity index is 1.72. The third-order valence-electron chi connectivity index (χ3n) is 3.57. The van der Waals surface area contributed by atoms with E-state index >= 15 is 0 Å². The lowest BCUT2D eigenvalue weighted by Crippen LogP contribution is -2.24. The molecule has 0 aliphatic heterocycles. The normalized spacial score (nSPS) is 12.7. The Morgan fingerprint density at radius 2 is 2.00 bits per heavy atom. The largest absolute Gasteiger partial charge is 0.333 e. The van der Waals surface area contributed by atoms with E-state index in [1.807, 2.05) is 13.8 Å². The number of halogens is 2. The number of nitrogens with zero attached hydrogens (tertiary/aromatic N) is 3. The number of carbonyl (C=O) groups excluding carboxylic acids is 1. The highest BCUT2D eigenvalue weighted by Crippen LogP contribution is 2.25. The van der Waals surface area contributed by atoms with Gasteiger partial charge >= 0.3 is 0 Å². The number of aromatic nitrogens is 4. The zero-order chi connectivity index (χ0) is 18.1. The number of carbonyl (C=O) groups is 1. The molecule has 0 radical (unpaired) electrons. The molecule has 3 rings (SSSR count). The number of H-pyrrole nitrogens is 1. The zero-order valence-electron chi connectivity index (χ0n) is 13.9. The Morgan fingerprint density at radius 1 is 1.28 bits per heavy atom. The quantitative estimate of drug-likeness (QED) is 0.676. The Bertz CT molecular complexity index is 882. The average molecular weight is 365 g/mol. The van der Waals surface area contributed by atoms with Crippen LogP contribution in [0.3, 0.4) is 0 Å². The molecule has 0 saturated heterocycles. The number of anilines is 1. The predicted molar refractivity (Wildman–Crippen MR) is 92.6 cm³/mol. The van der Waals surface area contributed by atoms with Crippen LogP contribution >= 0.6 is 11.8 Å². The molecule has 0 saturated carbocycles. The first kappa shape index (κ1) is 17.4. The standard InChI is InChI=1S/C16H17F2N5OS/c1-8(2)23-14(4-5-19-23)22-15(24)9(3)25-16-20-12-6-10(17)11(18)7-13(12)21-16/h4-9H,1-3H3,(H,20,21)(H,22,24). The van der Waals surface area contributed by atoms with E-state index in [9.17, 15) is 13.6 Å². The molecular formula is C16H17F2N5OS. The Hall–Kier alpha value is -2.42. The summed E-state index contributed by atoms with van der Waals surface area (Å²) in [5, 5.41) is 6.94. The van der Waals surface area contributed by atoms with E-state index in [1.165, 1.54) is 11.8 Å². The maximum absolute atomic E-state index is 13.3. The molecule has 0 aliphatic rings. The first-order chi connectivity index (χ1) is 11.8. The van der Waals surface area contributed by atoms with Crippen molar-refractivity contribution in [2.24, 2.45) is 0 Å². The topological polar surface area (TPSA) is 75.6 Å². The average Bonchev–Trinajstić information content (AvgIpc) is 3.14. The summed E-state index contributed by atoms with van der Waals surface area (Å²) in [5.41, 5.74) is 0.693. The van der Waals surface area contributed by atoms with Crippen LogP contribution in [-0.2, 0) is 4.79 Å². The van der Waals surface area contributed by atoms with E-state index in [2.05, 4.69) is 20.4 Å². The van der Waals surface area contributed by atoms with E-state index in [0.717, 1.165) is 12.1 Å². The summed E-state index contributed by atoms with van der Waals surface area (Å²) in [5.74, 6) is -1.50. The molecule has 3 aromatic rings. The molecule has 9 heteroatoms. The molecule has 1 unspecified atom stereocenters. The van der Waals surface area contributed by atoms with Crippen molar-refractivity contribution in [1.29, 1.82) is 0 Å². The number of amides is 1. The molecule has 2 N–H and O–H groups in total. The van der Waals surface area contributed by atoms with Gasteiger partial charge in [0, 0.05) is 24.2 Å². The fraction of sp³-hybridized carbons (Fsp3) is 0.312. The van der Waals surface area contributed by atoms with Crippen LogP contribution < -0.4 is 5.32 Å². The van der Waals surface area contributed by atoms with Crippen LogP contribution in [0.1, 0.15) is 26.8 Å². The molecule has 132 valence electrons. The highest BCUT2D eigenvalue weighted by atomic mass is 32.2. The first-order valence-electron chi connectivity index (χ1n) is 7.71. The summed E-state index contributed by atoms with van der Waals surface area (Å²) in [6.45, 7) is 5.66. The van der Waals surface area contributed by atoms with Gasteiger partial charge in [-0.2, -0.15) is 5.10 Å². The molecule has 0 bridgehead atoms. The van der Waals surface area contributed by atoms with Crippen molar-refractivity contribution in [3.05, 3.63) is 36.0 Å². The van der Waals surface area contributed by atoms with E-state index in [-0.39, 0.29) is 11.9 Å². The molecule has 2 aromatic heterocycles. The number of imidazole rings is 1. The van der Waals surface area contributed by atoms with Gasteiger partial charge in [0.1, 0.15) is 5.82 Å². The van der Waals surface area contributed by atoms with Crippen molar-refractivity contribution in [2.45, 2.75) is 37.2 Å². The van der Waals surface area contributed by atoms with Gasteiger partial charge in [-0.25, -0.2) is 18.4 Å². The minimum Gasteiger partial charge on any atom is -0.333 e. The molecule has 0 aliphatic carbocycles. The maximum atomic E-state index is 13.3. The molecule has 1 atom stereocenters. The fourth-order valence-electron chi connectivity index (χ4n) is 2.31. The summed E-state index contributed by atoms with van der Waals surface area (Å²) in [6.07, 6.45) is 1.62. The van der Waals surface area contributed by atoms with Crippen molar-refractivity contribution in [3.8, 4) is 0 Å². The van der Waals surface area contributed by atoms with Crippen LogP contribution in [0.25, 0.3) is 11.0 Å². The van der Waals surface area contributed by atoms with Gasteiger partial charge in [0.15, 0.2) is 16.8 Å². The number of hydrogen-bond acceptors (Lipinski definition) is 4. The molecular weight excluding hydrogens is 348 g/mol. The molecule has 0 fully saturated rings.